The summed E-state index contributed by atoms with van der Waals surface area (Å²) in [6.45, 7) is 67.1. The number of fused-ring (bicyclic) bond motifs is 3. The van der Waals surface area contributed by atoms with Crippen molar-refractivity contribution in [3.05, 3.63) is 356 Å². The van der Waals surface area contributed by atoms with Gasteiger partial charge < -0.3 is 9.30 Å². The van der Waals surface area contributed by atoms with Gasteiger partial charge in [0.1, 0.15) is 11.5 Å². The number of thioether (sulfide) groups is 1. The van der Waals surface area contributed by atoms with Gasteiger partial charge in [-0.15, -0.1) is 23.1 Å². The van der Waals surface area contributed by atoms with Crippen LogP contribution >= 0.6 is 34.9 Å². The Morgan fingerprint density at radius 2 is 0.598 bits per heavy atom. The summed E-state index contributed by atoms with van der Waals surface area (Å²) < 4.78 is 8.42. The lowest BCUT2D eigenvalue weighted by Crippen LogP contribution is -2.14. The van der Waals surface area contributed by atoms with Gasteiger partial charge in [-0.2, -0.15) is 0 Å². The predicted octanol–water partition coefficient (Wildman–Crippen LogP) is 38.6. The molecule has 2 heterocycles. The number of aromatic nitrogens is 1. The van der Waals surface area contributed by atoms with Crippen molar-refractivity contribution in [2.45, 2.75) is 325 Å². The second kappa shape index (κ2) is 51.6. The van der Waals surface area contributed by atoms with Crippen molar-refractivity contribution in [1.29, 1.82) is 0 Å². The van der Waals surface area contributed by atoms with E-state index in [0.717, 1.165) is 11.5 Å². The molecule has 5 heteroatoms. The van der Waals surface area contributed by atoms with Crippen molar-refractivity contribution in [3.63, 3.8) is 0 Å². The first-order valence-electron chi connectivity index (χ1n) is 40.8. The van der Waals surface area contributed by atoms with E-state index in [-0.39, 0.29) is 97.3 Å². The Hall–Kier alpha value is -8.58. The van der Waals surface area contributed by atoms with E-state index in [9.17, 15) is 0 Å². The van der Waals surface area contributed by atoms with Crippen molar-refractivity contribution in [2.24, 2.45) is 0 Å². The van der Waals surface area contributed by atoms with Crippen LogP contribution in [0, 0.1) is 41.5 Å². The first-order chi connectivity index (χ1) is 53.2. The van der Waals surface area contributed by atoms with Crippen LogP contribution in [0.3, 0.4) is 0 Å². The van der Waals surface area contributed by atoms with Crippen LogP contribution in [0.2, 0.25) is 0 Å². The van der Waals surface area contributed by atoms with Crippen LogP contribution in [0.25, 0.3) is 27.5 Å². The van der Waals surface area contributed by atoms with Gasteiger partial charge in [0.15, 0.2) is 0 Å². The highest BCUT2D eigenvalue weighted by Crippen LogP contribution is 2.42. The molecule has 13 aromatic rings. The highest BCUT2D eigenvalue weighted by atomic mass is 32.2. The first-order valence-corrected chi connectivity index (χ1v) is 43.7. The zero-order valence-electron chi connectivity index (χ0n) is 75.6. The fourth-order valence-electron chi connectivity index (χ4n) is 14.8. The van der Waals surface area contributed by atoms with E-state index >= 15 is 0 Å². The van der Waals surface area contributed by atoms with Gasteiger partial charge in [0.2, 0.25) is 0 Å². The van der Waals surface area contributed by atoms with Crippen LogP contribution in [-0.4, -0.2) is 10.8 Å². The number of ether oxygens (including phenoxy) is 1. The number of benzene rings is 11. The minimum Gasteiger partial charge on any atom is -0.457 e. The minimum absolute atomic E-state index is 0. The number of aryl methyl sites for hydroxylation is 6. The minimum atomic E-state index is 0. The van der Waals surface area contributed by atoms with Gasteiger partial charge in [0.25, 0.3) is 0 Å². The van der Waals surface area contributed by atoms with Gasteiger partial charge >= 0.3 is 0 Å². The Labute approximate surface area is 764 Å². The van der Waals surface area contributed by atoms with Gasteiger partial charge in [-0.1, -0.05) is 444 Å². The third-order valence-electron chi connectivity index (χ3n) is 19.8. The summed E-state index contributed by atoms with van der Waals surface area (Å²) in [6, 6.07) is 95.9. The topological polar surface area (TPSA) is 14.2 Å². The number of para-hydroxylation sites is 4. The number of hydrogen-bond acceptors (Lipinski definition) is 4. The molecule has 0 radical (unpaired) electrons. The standard InChI is InChI=1S/C22H21N.C17H20O.C17H20S.C12H18S.3C11H16.C8H12S.8CH4/c1-22(2,3)19-14-9-13-18-17-12-7-8-15-20(17)23(21(18)19)16-10-5-4-6-11-16;2*1-13-9-8-12-15(16(13)17(2,3)4)18-14-10-6-5-7-11-14;1-9-7-6-8-10(13-5)11(9)12(2,3)4;3*1-9-7-5-6-8-10(9)11(2,3)4;1-8(2,3)7-5-4-6-9-7;;;;;;;;/h4-15H,1-3H3;2*5-12H,1-4H3;6-8H,1-5H3;3*5-8H,1-4H3;4-6H,1-3H3;8*1H4. The normalized spacial score (nSPS) is 10.9. The van der Waals surface area contributed by atoms with Crippen molar-refractivity contribution >= 4 is 56.7 Å². The second-order valence-electron chi connectivity index (χ2n) is 38.2. The number of hydrogen-bond donors (Lipinski definition) is 0. The van der Waals surface area contributed by atoms with Crippen molar-refractivity contribution < 1.29 is 4.74 Å². The molecule has 11 aromatic carbocycles. The predicted molar refractivity (Wildman–Crippen MR) is 564 cm³/mol. The average Bonchev–Trinajstić information content (AvgIpc) is 1.58. The van der Waals surface area contributed by atoms with E-state index < -0.39 is 0 Å². The van der Waals surface area contributed by atoms with Crippen molar-refractivity contribution in [1.82, 2.24) is 4.57 Å². The highest BCUT2D eigenvalue weighted by Gasteiger charge is 2.26. The quantitative estimate of drug-likeness (QED) is 0.154. The van der Waals surface area contributed by atoms with Gasteiger partial charge in [0.05, 0.1) is 11.0 Å². The molecule has 0 N–H and O–H groups in total. The molecule has 668 valence electrons. The fraction of sp³-hybridized carbons (Fsp3) is 0.402. The molecule has 0 spiro atoms. The number of nitrogens with zero attached hydrogens (tertiary/aromatic N) is 1. The molecule has 122 heavy (non-hydrogen) atoms. The van der Waals surface area contributed by atoms with Crippen LogP contribution in [-0.2, 0) is 43.3 Å². The molecule has 0 fully saturated rings. The van der Waals surface area contributed by atoms with Crippen LogP contribution in [0.1, 0.15) is 303 Å². The summed E-state index contributed by atoms with van der Waals surface area (Å²) in [6.07, 6.45) is 2.14. The molecular formula is C117H171NOS3. The Balaban J connectivity index is -0.00000134. The monoisotopic (exact) mass is 1700 g/mol. The Morgan fingerprint density at radius 3 is 0.959 bits per heavy atom. The molecular weight excluding hydrogens is 1530 g/mol. The van der Waals surface area contributed by atoms with Crippen LogP contribution in [0.4, 0.5) is 0 Å². The molecule has 0 bridgehead atoms. The largest absolute Gasteiger partial charge is 0.457 e. The fourth-order valence-corrected chi connectivity index (χ4v) is 17.8. The van der Waals surface area contributed by atoms with E-state index in [0.29, 0.717) is 5.41 Å². The molecule has 0 aliphatic rings. The van der Waals surface area contributed by atoms with Crippen LogP contribution in [0.5, 0.6) is 11.5 Å². The number of thiophene rings is 1. The maximum Gasteiger partial charge on any atom is 0.131 e. The summed E-state index contributed by atoms with van der Waals surface area (Å²) in [4.78, 5) is 5.54. The van der Waals surface area contributed by atoms with Gasteiger partial charge in [-0.3, -0.25) is 0 Å². The second-order valence-corrected chi connectivity index (χ2v) is 41.1. The van der Waals surface area contributed by atoms with Crippen molar-refractivity contribution in [3.8, 4) is 17.2 Å². The molecule has 0 aliphatic carbocycles. The van der Waals surface area contributed by atoms with Gasteiger partial charge in [-0.05, 0) is 230 Å². The van der Waals surface area contributed by atoms with Crippen molar-refractivity contribution in [2.75, 3.05) is 6.26 Å². The van der Waals surface area contributed by atoms with E-state index in [1.807, 2.05) is 77.3 Å². The molecule has 13 rings (SSSR count). The van der Waals surface area contributed by atoms with Crippen LogP contribution < -0.4 is 4.74 Å². The molecule has 0 atom stereocenters. The third kappa shape index (κ3) is 35.2. The molecule has 2 nitrogen and oxygen atoms in total. The molecule has 0 saturated heterocycles. The van der Waals surface area contributed by atoms with Gasteiger partial charge in [0, 0.05) is 41.6 Å². The summed E-state index contributed by atoms with van der Waals surface area (Å²) in [5.41, 5.74) is 23.8. The lowest BCUT2D eigenvalue weighted by Gasteiger charge is -2.25. The first kappa shape index (κ1) is 118. The Morgan fingerprint density at radius 1 is 0.270 bits per heavy atom. The Bertz CT molecular complexity index is 4820. The lowest BCUT2D eigenvalue weighted by atomic mass is 9.83. The van der Waals surface area contributed by atoms with Gasteiger partial charge in [-0.25, -0.2) is 0 Å². The Kier molecular flexibility index (Phi) is 49.7. The van der Waals surface area contributed by atoms with Crippen LogP contribution in [0.15, 0.2) is 293 Å². The van der Waals surface area contributed by atoms with E-state index in [1.54, 1.807) is 0 Å². The third-order valence-corrected chi connectivity index (χ3v) is 22.9. The lowest BCUT2D eigenvalue weighted by molar-refractivity contribution is 0.454. The molecule has 0 unspecified atom stereocenters. The summed E-state index contributed by atoms with van der Waals surface area (Å²) >= 11 is 5.52. The molecule has 0 aliphatic heterocycles. The SMILES string of the molecule is C.C.C.C.C.C.C.C.CC(C)(C)c1cccc2c3ccccc3n(-c3ccccc3)c12.CC(C)(C)c1cccs1.CSc1cccc(C)c1C(C)(C)C.Cc1cccc(Oc2ccccc2)c1C(C)(C)C.Cc1cccc(Sc2ccccc2)c1C(C)(C)C.Cc1ccccc1C(C)(C)C.Cc1ccccc1C(C)(C)C.Cc1ccccc1C(C)(C)C. The van der Waals surface area contributed by atoms with E-state index in [2.05, 4.69) is 454 Å². The zero-order valence-corrected chi connectivity index (χ0v) is 78.1. The smallest absolute Gasteiger partial charge is 0.131 e. The summed E-state index contributed by atoms with van der Waals surface area (Å²) in [5, 5.41) is 4.77. The maximum absolute atomic E-state index is 6.02. The van der Waals surface area contributed by atoms with E-state index in [4.69, 9.17) is 4.74 Å². The summed E-state index contributed by atoms with van der Waals surface area (Å²) in [5.74, 6) is 1.84. The average molecular weight is 1700 g/mol. The molecule has 0 saturated carbocycles. The summed E-state index contributed by atoms with van der Waals surface area (Å²) in [7, 11) is 0. The zero-order chi connectivity index (χ0) is 84.8. The highest BCUT2D eigenvalue weighted by molar-refractivity contribution is 7.99. The maximum atomic E-state index is 6.02. The molecule has 2 aromatic heterocycles. The number of rotatable bonds is 6. The molecule has 0 amide bonds. The van der Waals surface area contributed by atoms with E-state index in [1.165, 1.54) is 119 Å².